The minimum absolute atomic E-state index is 0.991. The number of hydrogen-bond donors (Lipinski definition) is 1. The summed E-state index contributed by atoms with van der Waals surface area (Å²) in [7, 11) is 4.24. The number of aryl methyl sites for hydroxylation is 1. The Morgan fingerprint density at radius 3 is 2.63 bits per heavy atom. The lowest BCUT2D eigenvalue weighted by atomic mass is 9.94. The van der Waals surface area contributed by atoms with Gasteiger partial charge in [0.15, 0.2) is 0 Å². The Morgan fingerprint density at radius 2 is 2.05 bits per heavy atom. The van der Waals surface area contributed by atoms with Gasteiger partial charge in [0.2, 0.25) is 0 Å². The summed E-state index contributed by atoms with van der Waals surface area (Å²) in [5.41, 5.74) is 4.06. The maximum Gasteiger partial charge on any atom is 0.137 e. The van der Waals surface area contributed by atoms with Crippen LogP contribution >= 0.6 is 0 Å². The highest BCUT2D eigenvalue weighted by Gasteiger charge is 2.18. The Balaban J connectivity index is 2.04. The molecule has 0 unspecified atom stereocenters. The summed E-state index contributed by atoms with van der Waals surface area (Å²) < 4.78 is 2.09. The molecule has 0 bridgehead atoms. The van der Waals surface area contributed by atoms with Crippen LogP contribution in [0, 0.1) is 0 Å². The molecule has 100 valence electrons. The van der Waals surface area contributed by atoms with Crippen molar-refractivity contribution in [3.63, 3.8) is 0 Å². The first-order valence-corrected chi connectivity index (χ1v) is 6.76. The van der Waals surface area contributed by atoms with Gasteiger partial charge in [0, 0.05) is 56.1 Å². The first-order chi connectivity index (χ1) is 9.24. The van der Waals surface area contributed by atoms with Crippen LogP contribution in [0.3, 0.4) is 0 Å². The van der Waals surface area contributed by atoms with Gasteiger partial charge in [-0.2, -0.15) is 0 Å². The van der Waals surface area contributed by atoms with E-state index in [1.807, 2.05) is 12.4 Å². The standard InChI is InChI=1S/C15H20N4/c1-18-8-3-12(4-9-18)14(15-16-6-7-17-15)13-5-10-19(2)11-13/h5-7,10-11H,3-4,8-9H2,1-2H3,(H,16,17). The minimum atomic E-state index is 0.991. The lowest BCUT2D eigenvalue weighted by Gasteiger charge is -2.26. The molecule has 0 aliphatic carbocycles. The van der Waals surface area contributed by atoms with E-state index in [0.29, 0.717) is 0 Å². The molecule has 0 aromatic carbocycles. The van der Waals surface area contributed by atoms with Crippen LogP contribution in [0.1, 0.15) is 24.2 Å². The molecule has 1 fully saturated rings. The summed E-state index contributed by atoms with van der Waals surface area (Å²) in [6, 6.07) is 2.17. The minimum Gasteiger partial charge on any atom is -0.357 e. The van der Waals surface area contributed by atoms with E-state index < -0.39 is 0 Å². The molecule has 1 aliphatic rings. The largest absolute Gasteiger partial charge is 0.357 e. The average molecular weight is 256 g/mol. The number of aromatic nitrogens is 3. The van der Waals surface area contributed by atoms with E-state index in [-0.39, 0.29) is 0 Å². The van der Waals surface area contributed by atoms with Crippen molar-refractivity contribution in [2.45, 2.75) is 12.8 Å². The Kier molecular flexibility index (Phi) is 3.25. The SMILES string of the molecule is CN1CCC(=C(c2ccn(C)c2)c2ncc[nH]2)CC1. The van der Waals surface area contributed by atoms with Crippen molar-refractivity contribution in [1.82, 2.24) is 19.4 Å². The van der Waals surface area contributed by atoms with E-state index in [2.05, 4.69) is 52.0 Å². The fraction of sp³-hybridized carbons (Fsp3) is 0.400. The van der Waals surface area contributed by atoms with Gasteiger partial charge >= 0.3 is 0 Å². The quantitative estimate of drug-likeness (QED) is 0.895. The number of nitrogens with zero attached hydrogens (tertiary/aromatic N) is 3. The molecule has 0 radical (unpaired) electrons. The second-order valence-electron chi connectivity index (χ2n) is 5.29. The Hall–Kier alpha value is -1.81. The number of aromatic amines is 1. The Labute approximate surface area is 113 Å². The third-order valence-electron chi connectivity index (χ3n) is 3.80. The molecule has 4 heteroatoms. The smallest absolute Gasteiger partial charge is 0.137 e. The zero-order valence-electron chi connectivity index (χ0n) is 11.6. The molecule has 0 amide bonds. The van der Waals surface area contributed by atoms with Crippen LogP contribution in [0.25, 0.3) is 5.57 Å². The van der Waals surface area contributed by atoms with E-state index in [1.54, 1.807) is 0 Å². The number of likely N-dealkylation sites (tertiary alicyclic amines) is 1. The van der Waals surface area contributed by atoms with Crippen LogP contribution in [0.4, 0.5) is 0 Å². The van der Waals surface area contributed by atoms with Gasteiger partial charge in [-0.15, -0.1) is 0 Å². The number of rotatable bonds is 2. The monoisotopic (exact) mass is 256 g/mol. The predicted octanol–water partition coefficient (Wildman–Crippen LogP) is 2.28. The molecule has 19 heavy (non-hydrogen) atoms. The molecule has 3 rings (SSSR count). The molecule has 2 aromatic rings. The van der Waals surface area contributed by atoms with Crippen molar-refractivity contribution in [3.05, 3.63) is 47.8 Å². The predicted molar refractivity (Wildman–Crippen MR) is 76.8 cm³/mol. The van der Waals surface area contributed by atoms with Gasteiger partial charge in [-0.3, -0.25) is 0 Å². The first-order valence-electron chi connectivity index (χ1n) is 6.76. The summed E-state index contributed by atoms with van der Waals surface area (Å²) in [6.45, 7) is 2.26. The second kappa shape index (κ2) is 5.05. The molecule has 4 nitrogen and oxygen atoms in total. The number of hydrogen-bond acceptors (Lipinski definition) is 2. The average Bonchev–Trinajstić information content (AvgIpc) is 3.05. The van der Waals surface area contributed by atoms with Gasteiger partial charge in [0.05, 0.1) is 0 Å². The summed E-state index contributed by atoms with van der Waals surface area (Å²) in [6.07, 6.45) is 10.2. The van der Waals surface area contributed by atoms with E-state index in [1.165, 1.54) is 16.7 Å². The first kappa shape index (κ1) is 12.2. The highest BCUT2D eigenvalue weighted by atomic mass is 15.1. The van der Waals surface area contributed by atoms with Gasteiger partial charge in [0.1, 0.15) is 5.82 Å². The molecule has 2 aromatic heterocycles. The number of H-pyrrole nitrogens is 1. The third-order valence-corrected chi connectivity index (χ3v) is 3.80. The van der Waals surface area contributed by atoms with Gasteiger partial charge in [-0.1, -0.05) is 5.57 Å². The molecule has 1 aliphatic heterocycles. The zero-order valence-corrected chi connectivity index (χ0v) is 11.6. The maximum absolute atomic E-state index is 4.46. The highest BCUT2D eigenvalue weighted by molar-refractivity contribution is 5.78. The fourth-order valence-corrected chi connectivity index (χ4v) is 2.70. The molecular formula is C15H20N4. The van der Waals surface area contributed by atoms with Crippen LogP contribution < -0.4 is 0 Å². The van der Waals surface area contributed by atoms with Crippen molar-refractivity contribution in [3.8, 4) is 0 Å². The number of nitrogens with one attached hydrogen (secondary N) is 1. The summed E-state index contributed by atoms with van der Waals surface area (Å²) >= 11 is 0. The maximum atomic E-state index is 4.46. The molecular weight excluding hydrogens is 236 g/mol. The van der Waals surface area contributed by atoms with E-state index in [0.717, 1.165) is 31.8 Å². The molecule has 0 spiro atoms. The van der Waals surface area contributed by atoms with Gasteiger partial charge in [-0.25, -0.2) is 4.98 Å². The van der Waals surface area contributed by atoms with Crippen LogP contribution in [-0.4, -0.2) is 39.6 Å². The van der Waals surface area contributed by atoms with Gasteiger partial charge in [0.25, 0.3) is 0 Å². The van der Waals surface area contributed by atoms with Crippen molar-refractivity contribution in [1.29, 1.82) is 0 Å². The molecule has 0 saturated carbocycles. The van der Waals surface area contributed by atoms with Crippen LogP contribution in [0.5, 0.6) is 0 Å². The zero-order chi connectivity index (χ0) is 13.2. The molecule has 3 heterocycles. The van der Waals surface area contributed by atoms with Crippen molar-refractivity contribution in [2.75, 3.05) is 20.1 Å². The number of piperidine rings is 1. The number of imidazole rings is 1. The normalized spacial score (nSPS) is 16.8. The van der Waals surface area contributed by atoms with Gasteiger partial charge in [-0.05, 0) is 26.0 Å². The molecule has 0 atom stereocenters. The topological polar surface area (TPSA) is 36.9 Å². The molecule has 1 saturated heterocycles. The Morgan fingerprint density at radius 1 is 1.26 bits per heavy atom. The summed E-state index contributed by atoms with van der Waals surface area (Å²) in [5, 5.41) is 0. The third kappa shape index (κ3) is 2.49. The lowest BCUT2D eigenvalue weighted by molar-refractivity contribution is 0.313. The van der Waals surface area contributed by atoms with Crippen LogP contribution in [-0.2, 0) is 7.05 Å². The summed E-state index contributed by atoms with van der Waals surface area (Å²) in [5.74, 6) is 0.991. The van der Waals surface area contributed by atoms with Crippen LogP contribution in [0.15, 0.2) is 36.4 Å². The van der Waals surface area contributed by atoms with E-state index >= 15 is 0 Å². The lowest BCUT2D eigenvalue weighted by Crippen LogP contribution is -2.27. The van der Waals surface area contributed by atoms with E-state index in [4.69, 9.17) is 0 Å². The van der Waals surface area contributed by atoms with Gasteiger partial charge < -0.3 is 14.5 Å². The highest BCUT2D eigenvalue weighted by Crippen LogP contribution is 2.30. The fourth-order valence-electron chi connectivity index (χ4n) is 2.70. The van der Waals surface area contributed by atoms with Crippen LogP contribution in [0.2, 0.25) is 0 Å². The van der Waals surface area contributed by atoms with Crippen molar-refractivity contribution in [2.24, 2.45) is 7.05 Å². The second-order valence-corrected chi connectivity index (χ2v) is 5.29. The van der Waals surface area contributed by atoms with Crippen molar-refractivity contribution >= 4 is 5.57 Å². The Bertz CT molecular complexity index is 567. The van der Waals surface area contributed by atoms with E-state index in [9.17, 15) is 0 Å². The van der Waals surface area contributed by atoms with Crippen molar-refractivity contribution < 1.29 is 0 Å². The summed E-state index contributed by atoms with van der Waals surface area (Å²) in [4.78, 5) is 10.1. The molecule has 1 N–H and O–H groups in total.